The van der Waals surface area contributed by atoms with Crippen LogP contribution in [-0.2, 0) is 0 Å². The van der Waals surface area contributed by atoms with Crippen LogP contribution in [0, 0.1) is 17.5 Å². The first kappa shape index (κ1) is 14.3. The standard InChI is InChI=1S/C12H7BrF3N3O/c13-6-3-8(15)9(4-7(6)14)19-12(20)5-1-2-18-11(17)10(5)16/h1-4H,(H2,17,18)(H,19,20). The fourth-order valence-corrected chi connectivity index (χ4v) is 1.76. The monoisotopic (exact) mass is 345 g/mol. The lowest BCUT2D eigenvalue weighted by atomic mass is 10.2. The summed E-state index contributed by atoms with van der Waals surface area (Å²) in [6, 6.07) is 2.70. The molecule has 0 saturated heterocycles. The molecule has 0 bridgehead atoms. The highest BCUT2D eigenvalue weighted by Crippen LogP contribution is 2.24. The van der Waals surface area contributed by atoms with Gasteiger partial charge in [-0.15, -0.1) is 0 Å². The number of rotatable bonds is 2. The number of hydrogen-bond donors (Lipinski definition) is 2. The van der Waals surface area contributed by atoms with E-state index in [0.717, 1.165) is 24.4 Å². The molecule has 0 fully saturated rings. The highest BCUT2D eigenvalue weighted by molar-refractivity contribution is 9.10. The van der Waals surface area contributed by atoms with Gasteiger partial charge in [-0.2, -0.15) is 0 Å². The SMILES string of the molecule is Nc1nccc(C(=O)Nc2cc(F)c(Br)cc2F)c1F. The smallest absolute Gasteiger partial charge is 0.258 e. The van der Waals surface area contributed by atoms with Gasteiger partial charge in [0, 0.05) is 12.3 Å². The molecule has 0 aliphatic carbocycles. The lowest BCUT2D eigenvalue weighted by Crippen LogP contribution is -2.16. The number of amides is 1. The van der Waals surface area contributed by atoms with Crippen LogP contribution in [0.1, 0.15) is 10.4 Å². The number of nitrogens with zero attached hydrogens (tertiary/aromatic N) is 1. The summed E-state index contributed by atoms with van der Waals surface area (Å²) >= 11 is 2.80. The second-order valence-corrected chi connectivity index (χ2v) is 4.61. The molecule has 1 amide bonds. The number of carbonyl (C=O) groups is 1. The van der Waals surface area contributed by atoms with E-state index < -0.39 is 40.4 Å². The summed E-state index contributed by atoms with van der Waals surface area (Å²) in [6.07, 6.45) is 1.13. The predicted octanol–water partition coefficient (Wildman–Crippen LogP) is 3.10. The Morgan fingerprint density at radius 2 is 1.95 bits per heavy atom. The lowest BCUT2D eigenvalue weighted by molar-refractivity contribution is 0.102. The minimum Gasteiger partial charge on any atom is -0.381 e. The topological polar surface area (TPSA) is 68.0 Å². The maximum atomic E-state index is 13.6. The summed E-state index contributed by atoms with van der Waals surface area (Å²) in [7, 11) is 0. The Morgan fingerprint density at radius 1 is 1.25 bits per heavy atom. The molecular formula is C12H7BrF3N3O. The zero-order valence-electron chi connectivity index (χ0n) is 9.75. The number of pyridine rings is 1. The Morgan fingerprint density at radius 3 is 2.65 bits per heavy atom. The minimum absolute atomic E-state index is 0.0904. The molecule has 0 unspecified atom stereocenters. The quantitative estimate of drug-likeness (QED) is 0.822. The number of nitrogens with two attached hydrogens (primary N) is 1. The van der Waals surface area contributed by atoms with Crippen molar-refractivity contribution in [1.29, 1.82) is 0 Å². The van der Waals surface area contributed by atoms with Gasteiger partial charge < -0.3 is 11.1 Å². The Labute approximate surface area is 119 Å². The number of aromatic nitrogens is 1. The van der Waals surface area contributed by atoms with E-state index in [0.29, 0.717) is 0 Å². The van der Waals surface area contributed by atoms with Crippen LogP contribution in [0.4, 0.5) is 24.7 Å². The summed E-state index contributed by atoms with van der Waals surface area (Å²) < 4.78 is 40.3. The third-order valence-electron chi connectivity index (χ3n) is 2.42. The first-order valence-electron chi connectivity index (χ1n) is 5.26. The van der Waals surface area contributed by atoms with Crippen LogP contribution in [0.2, 0.25) is 0 Å². The van der Waals surface area contributed by atoms with Crippen molar-refractivity contribution in [1.82, 2.24) is 4.98 Å². The fourth-order valence-electron chi connectivity index (χ4n) is 1.44. The van der Waals surface area contributed by atoms with Crippen molar-refractivity contribution in [3.8, 4) is 0 Å². The van der Waals surface area contributed by atoms with E-state index in [2.05, 4.69) is 26.2 Å². The van der Waals surface area contributed by atoms with Gasteiger partial charge in [-0.1, -0.05) is 0 Å². The molecule has 3 N–H and O–H groups in total. The molecule has 0 spiro atoms. The van der Waals surface area contributed by atoms with Crippen molar-refractivity contribution >= 4 is 33.3 Å². The van der Waals surface area contributed by atoms with Gasteiger partial charge in [0.25, 0.3) is 5.91 Å². The van der Waals surface area contributed by atoms with Gasteiger partial charge in [0.2, 0.25) is 0 Å². The van der Waals surface area contributed by atoms with E-state index in [9.17, 15) is 18.0 Å². The molecule has 20 heavy (non-hydrogen) atoms. The van der Waals surface area contributed by atoms with Crippen molar-refractivity contribution in [2.75, 3.05) is 11.1 Å². The van der Waals surface area contributed by atoms with Gasteiger partial charge in [0.15, 0.2) is 11.6 Å². The molecule has 0 aliphatic rings. The lowest BCUT2D eigenvalue weighted by Gasteiger charge is -2.08. The fraction of sp³-hybridized carbons (Fsp3) is 0. The van der Waals surface area contributed by atoms with E-state index in [-0.39, 0.29) is 4.47 Å². The summed E-state index contributed by atoms with van der Waals surface area (Å²) in [4.78, 5) is 15.3. The molecule has 1 heterocycles. The number of halogens is 4. The Bertz CT molecular complexity index is 694. The largest absolute Gasteiger partial charge is 0.381 e. The van der Waals surface area contributed by atoms with Crippen LogP contribution in [0.5, 0.6) is 0 Å². The highest BCUT2D eigenvalue weighted by atomic mass is 79.9. The van der Waals surface area contributed by atoms with Crippen LogP contribution in [0.15, 0.2) is 28.9 Å². The van der Waals surface area contributed by atoms with Gasteiger partial charge in [-0.25, -0.2) is 18.2 Å². The van der Waals surface area contributed by atoms with Gasteiger partial charge >= 0.3 is 0 Å². The van der Waals surface area contributed by atoms with Crippen molar-refractivity contribution in [3.05, 3.63) is 51.9 Å². The van der Waals surface area contributed by atoms with Crippen molar-refractivity contribution in [3.63, 3.8) is 0 Å². The number of nitrogen functional groups attached to an aromatic ring is 1. The normalized spacial score (nSPS) is 10.4. The minimum atomic E-state index is -1.03. The first-order valence-corrected chi connectivity index (χ1v) is 6.05. The van der Waals surface area contributed by atoms with Crippen LogP contribution in [0.3, 0.4) is 0 Å². The van der Waals surface area contributed by atoms with Crippen LogP contribution in [-0.4, -0.2) is 10.9 Å². The third-order valence-corrected chi connectivity index (χ3v) is 3.03. The van der Waals surface area contributed by atoms with E-state index in [1.54, 1.807) is 0 Å². The van der Waals surface area contributed by atoms with E-state index in [4.69, 9.17) is 5.73 Å². The third kappa shape index (κ3) is 2.74. The van der Waals surface area contributed by atoms with E-state index >= 15 is 0 Å². The summed E-state index contributed by atoms with van der Waals surface area (Å²) in [5.41, 5.74) is 4.39. The first-order chi connectivity index (χ1) is 9.40. The van der Waals surface area contributed by atoms with E-state index in [1.165, 1.54) is 0 Å². The van der Waals surface area contributed by atoms with Crippen LogP contribution < -0.4 is 11.1 Å². The van der Waals surface area contributed by atoms with Crippen LogP contribution >= 0.6 is 15.9 Å². The molecular weight excluding hydrogens is 339 g/mol. The predicted molar refractivity (Wildman–Crippen MR) is 70.6 cm³/mol. The van der Waals surface area contributed by atoms with Crippen molar-refractivity contribution in [2.45, 2.75) is 0 Å². The molecule has 0 aliphatic heterocycles. The average Bonchev–Trinajstić information content (AvgIpc) is 2.39. The number of nitrogens with one attached hydrogen (secondary N) is 1. The zero-order valence-corrected chi connectivity index (χ0v) is 11.3. The Balaban J connectivity index is 2.33. The Hall–Kier alpha value is -2.09. The summed E-state index contributed by atoms with van der Waals surface area (Å²) in [5.74, 6) is -4.08. The molecule has 1 aromatic carbocycles. The van der Waals surface area contributed by atoms with Gasteiger partial charge in [-0.3, -0.25) is 4.79 Å². The second kappa shape index (κ2) is 5.49. The Kier molecular flexibility index (Phi) is 3.93. The summed E-state index contributed by atoms with van der Waals surface area (Å²) in [5, 5.41) is 2.06. The molecule has 0 atom stereocenters. The molecule has 2 aromatic rings. The highest BCUT2D eigenvalue weighted by Gasteiger charge is 2.17. The molecule has 4 nitrogen and oxygen atoms in total. The van der Waals surface area contributed by atoms with Crippen LogP contribution in [0.25, 0.3) is 0 Å². The molecule has 2 rings (SSSR count). The number of carbonyl (C=O) groups excluding carboxylic acids is 1. The number of anilines is 2. The number of benzene rings is 1. The summed E-state index contributed by atoms with van der Waals surface area (Å²) in [6.45, 7) is 0. The van der Waals surface area contributed by atoms with Gasteiger partial charge in [0.05, 0.1) is 15.7 Å². The maximum Gasteiger partial charge on any atom is 0.258 e. The molecule has 104 valence electrons. The number of hydrogen-bond acceptors (Lipinski definition) is 3. The second-order valence-electron chi connectivity index (χ2n) is 3.76. The maximum absolute atomic E-state index is 13.6. The molecule has 0 radical (unpaired) electrons. The van der Waals surface area contributed by atoms with Crippen molar-refractivity contribution in [2.24, 2.45) is 0 Å². The average molecular weight is 346 g/mol. The zero-order chi connectivity index (χ0) is 14.9. The van der Waals surface area contributed by atoms with Crippen molar-refractivity contribution < 1.29 is 18.0 Å². The van der Waals surface area contributed by atoms with E-state index in [1.807, 2.05) is 0 Å². The van der Waals surface area contributed by atoms with Gasteiger partial charge in [-0.05, 0) is 28.1 Å². The molecule has 1 aromatic heterocycles. The van der Waals surface area contributed by atoms with Gasteiger partial charge in [0.1, 0.15) is 11.6 Å². The molecule has 0 saturated carbocycles. The molecule has 8 heteroatoms.